The third kappa shape index (κ3) is 6.88. The van der Waals surface area contributed by atoms with Crippen molar-refractivity contribution in [2.45, 2.75) is 58.1 Å². The fraction of sp³-hybridized carbons (Fsp3) is 0.833. The molecular weight excluding hydrogens is 224 g/mol. The SMILES string of the molecule is CCCCC(CC)CC(SC(C)=O)C(=O)O. The number of carboxylic acids is 1. The fourth-order valence-electron chi connectivity index (χ4n) is 1.68. The molecule has 0 aliphatic rings. The number of carbonyl (C=O) groups is 2. The van der Waals surface area contributed by atoms with Gasteiger partial charge in [0.05, 0.1) is 0 Å². The molecule has 0 saturated carbocycles. The van der Waals surface area contributed by atoms with Gasteiger partial charge in [-0.15, -0.1) is 0 Å². The summed E-state index contributed by atoms with van der Waals surface area (Å²) in [4.78, 5) is 21.9. The Morgan fingerprint density at radius 1 is 1.31 bits per heavy atom. The lowest BCUT2D eigenvalue weighted by atomic mass is 9.94. The molecule has 2 atom stereocenters. The second-order valence-corrected chi connectivity index (χ2v) is 5.47. The van der Waals surface area contributed by atoms with Crippen LogP contribution in [0.5, 0.6) is 0 Å². The fourth-order valence-corrected chi connectivity index (χ4v) is 2.55. The van der Waals surface area contributed by atoms with E-state index in [1.54, 1.807) is 0 Å². The monoisotopic (exact) mass is 246 g/mol. The third-order valence-electron chi connectivity index (χ3n) is 2.67. The molecule has 0 spiro atoms. The van der Waals surface area contributed by atoms with Gasteiger partial charge in [0.2, 0.25) is 0 Å². The molecule has 0 bridgehead atoms. The van der Waals surface area contributed by atoms with E-state index in [1.165, 1.54) is 6.92 Å². The van der Waals surface area contributed by atoms with E-state index in [9.17, 15) is 9.59 Å². The van der Waals surface area contributed by atoms with E-state index in [1.807, 2.05) is 0 Å². The molecule has 1 N–H and O–H groups in total. The molecule has 4 heteroatoms. The van der Waals surface area contributed by atoms with Gasteiger partial charge in [0.25, 0.3) is 0 Å². The van der Waals surface area contributed by atoms with Crippen molar-refractivity contribution in [1.29, 1.82) is 0 Å². The van der Waals surface area contributed by atoms with E-state index in [-0.39, 0.29) is 5.12 Å². The van der Waals surface area contributed by atoms with Gasteiger partial charge in [-0.3, -0.25) is 9.59 Å². The highest BCUT2D eigenvalue weighted by molar-refractivity contribution is 8.14. The van der Waals surface area contributed by atoms with Gasteiger partial charge in [0.15, 0.2) is 5.12 Å². The van der Waals surface area contributed by atoms with Crippen LogP contribution in [0, 0.1) is 5.92 Å². The summed E-state index contributed by atoms with van der Waals surface area (Å²) >= 11 is 0.946. The minimum Gasteiger partial charge on any atom is -0.480 e. The van der Waals surface area contributed by atoms with E-state index in [0.717, 1.165) is 37.4 Å². The summed E-state index contributed by atoms with van der Waals surface area (Å²) < 4.78 is 0. The molecule has 0 aromatic heterocycles. The number of unbranched alkanes of at least 4 members (excludes halogenated alkanes) is 1. The number of hydrogen-bond donors (Lipinski definition) is 1. The summed E-state index contributed by atoms with van der Waals surface area (Å²) in [5.41, 5.74) is 0. The molecule has 2 unspecified atom stereocenters. The largest absolute Gasteiger partial charge is 0.480 e. The van der Waals surface area contributed by atoms with E-state index < -0.39 is 11.2 Å². The van der Waals surface area contributed by atoms with Gasteiger partial charge in [-0.2, -0.15) is 0 Å². The Morgan fingerprint density at radius 3 is 2.31 bits per heavy atom. The predicted molar refractivity (Wildman–Crippen MR) is 67.6 cm³/mol. The van der Waals surface area contributed by atoms with Crippen LogP contribution in [0.3, 0.4) is 0 Å². The summed E-state index contributed by atoms with van der Waals surface area (Å²) in [6.45, 7) is 5.64. The number of aliphatic carboxylic acids is 1. The number of carboxylic acid groups (broad SMARTS) is 1. The van der Waals surface area contributed by atoms with Crippen LogP contribution in [-0.2, 0) is 9.59 Å². The highest BCUT2D eigenvalue weighted by atomic mass is 32.2. The van der Waals surface area contributed by atoms with Crippen molar-refractivity contribution in [2.24, 2.45) is 5.92 Å². The zero-order valence-electron chi connectivity index (χ0n) is 10.4. The van der Waals surface area contributed by atoms with Gasteiger partial charge in [-0.1, -0.05) is 51.3 Å². The minimum atomic E-state index is -0.866. The molecule has 0 saturated heterocycles. The van der Waals surface area contributed by atoms with Crippen molar-refractivity contribution in [3.63, 3.8) is 0 Å². The zero-order chi connectivity index (χ0) is 12.6. The molecule has 0 rings (SSSR count). The maximum Gasteiger partial charge on any atom is 0.317 e. The van der Waals surface area contributed by atoms with Crippen molar-refractivity contribution in [3.8, 4) is 0 Å². The molecule has 0 aromatic rings. The molecule has 0 amide bonds. The summed E-state index contributed by atoms with van der Waals surface area (Å²) in [6.07, 6.45) is 4.93. The van der Waals surface area contributed by atoms with Crippen molar-refractivity contribution in [3.05, 3.63) is 0 Å². The Morgan fingerprint density at radius 2 is 1.94 bits per heavy atom. The summed E-state index contributed by atoms with van der Waals surface area (Å²) in [5.74, 6) is -0.442. The molecule has 3 nitrogen and oxygen atoms in total. The van der Waals surface area contributed by atoms with Gasteiger partial charge in [0.1, 0.15) is 5.25 Å². The molecule has 0 heterocycles. The molecule has 16 heavy (non-hydrogen) atoms. The number of hydrogen-bond acceptors (Lipinski definition) is 3. The average Bonchev–Trinajstić information content (AvgIpc) is 2.21. The molecule has 0 aliphatic carbocycles. The maximum atomic E-state index is 11.0. The lowest BCUT2D eigenvalue weighted by Gasteiger charge is -2.18. The van der Waals surface area contributed by atoms with E-state index >= 15 is 0 Å². The molecular formula is C12H22O3S. The number of rotatable bonds is 8. The van der Waals surface area contributed by atoms with Gasteiger partial charge in [-0.05, 0) is 12.3 Å². The van der Waals surface area contributed by atoms with Crippen LogP contribution in [0.2, 0.25) is 0 Å². The lowest BCUT2D eigenvalue weighted by molar-refractivity contribution is -0.136. The predicted octanol–water partition coefficient (Wildman–Crippen LogP) is 3.33. The second kappa shape index (κ2) is 8.62. The summed E-state index contributed by atoms with van der Waals surface area (Å²) in [6, 6.07) is 0. The molecule has 94 valence electrons. The summed E-state index contributed by atoms with van der Waals surface area (Å²) in [7, 11) is 0. The minimum absolute atomic E-state index is 0.113. The highest BCUT2D eigenvalue weighted by Crippen LogP contribution is 2.25. The van der Waals surface area contributed by atoms with Crippen LogP contribution < -0.4 is 0 Å². The topological polar surface area (TPSA) is 54.4 Å². The molecule has 0 fully saturated rings. The van der Waals surface area contributed by atoms with Gasteiger partial charge >= 0.3 is 5.97 Å². The van der Waals surface area contributed by atoms with E-state index in [2.05, 4.69) is 13.8 Å². The molecule has 0 aromatic carbocycles. The van der Waals surface area contributed by atoms with Crippen LogP contribution in [0.25, 0.3) is 0 Å². The van der Waals surface area contributed by atoms with Crippen LogP contribution in [0.4, 0.5) is 0 Å². The zero-order valence-corrected chi connectivity index (χ0v) is 11.2. The van der Waals surface area contributed by atoms with Gasteiger partial charge in [0, 0.05) is 6.92 Å². The normalized spacial score (nSPS) is 14.4. The Hall–Kier alpha value is -0.510. The van der Waals surface area contributed by atoms with Crippen LogP contribution in [0.1, 0.15) is 52.9 Å². The first-order valence-electron chi connectivity index (χ1n) is 5.91. The molecule has 0 radical (unpaired) electrons. The van der Waals surface area contributed by atoms with Crippen molar-refractivity contribution >= 4 is 22.8 Å². The average molecular weight is 246 g/mol. The van der Waals surface area contributed by atoms with Gasteiger partial charge < -0.3 is 5.11 Å². The van der Waals surface area contributed by atoms with Crippen molar-refractivity contribution in [1.82, 2.24) is 0 Å². The van der Waals surface area contributed by atoms with Crippen LogP contribution >= 0.6 is 11.8 Å². The number of carbonyl (C=O) groups excluding carboxylic acids is 1. The smallest absolute Gasteiger partial charge is 0.317 e. The Labute approximate surface area is 102 Å². The van der Waals surface area contributed by atoms with E-state index in [0.29, 0.717) is 12.3 Å². The first-order valence-corrected chi connectivity index (χ1v) is 6.79. The molecule has 0 aliphatic heterocycles. The first kappa shape index (κ1) is 15.5. The van der Waals surface area contributed by atoms with Gasteiger partial charge in [-0.25, -0.2) is 0 Å². The van der Waals surface area contributed by atoms with Crippen LogP contribution in [-0.4, -0.2) is 21.4 Å². The van der Waals surface area contributed by atoms with E-state index in [4.69, 9.17) is 5.11 Å². The standard InChI is InChI=1S/C12H22O3S/c1-4-6-7-10(5-2)8-11(12(14)15)16-9(3)13/h10-11H,4-8H2,1-3H3,(H,14,15). The van der Waals surface area contributed by atoms with Crippen LogP contribution in [0.15, 0.2) is 0 Å². The Balaban J connectivity index is 4.22. The second-order valence-electron chi connectivity index (χ2n) is 4.09. The summed E-state index contributed by atoms with van der Waals surface area (Å²) in [5, 5.41) is 8.34. The highest BCUT2D eigenvalue weighted by Gasteiger charge is 2.23. The Bertz CT molecular complexity index is 228. The van der Waals surface area contributed by atoms with Crippen molar-refractivity contribution in [2.75, 3.05) is 0 Å². The first-order chi connectivity index (χ1) is 7.51. The van der Waals surface area contributed by atoms with Crippen molar-refractivity contribution < 1.29 is 14.7 Å². The quantitative estimate of drug-likeness (QED) is 0.713. The third-order valence-corrected chi connectivity index (χ3v) is 3.68. The Kier molecular flexibility index (Phi) is 8.35. The lowest BCUT2D eigenvalue weighted by Crippen LogP contribution is -2.21. The maximum absolute atomic E-state index is 11.0. The number of thioether (sulfide) groups is 1.